The Kier molecular flexibility index (Phi) is 6.13. The zero-order valence-electron chi connectivity index (χ0n) is 12.6. The highest BCUT2D eigenvalue weighted by molar-refractivity contribution is 7.99. The van der Waals surface area contributed by atoms with Gasteiger partial charge in [0.15, 0.2) is 0 Å². The molecule has 0 saturated carbocycles. The van der Waals surface area contributed by atoms with Gasteiger partial charge in [-0.25, -0.2) is 0 Å². The van der Waals surface area contributed by atoms with Crippen molar-refractivity contribution >= 4 is 11.8 Å². The van der Waals surface area contributed by atoms with E-state index in [9.17, 15) is 0 Å². The first-order valence-corrected chi connectivity index (χ1v) is 8.43. The maximum absolute atomic E-state index is 5.50. The van der Waals surface area contributed by atoms with Crippen molar-refractivity contribution in [2.75, 3.05) is 38.8 Å². The van der Waals surface area contributed by atoms with Crippen LogP contribution in [-0.2, 0) is 0 Å². The van der Waals surface area contributed by atoms with Crippen molar-refractivity contribution in [2.45, 2.75) is 25.4 Å². The fourth-order valence-electron chi connectivity index (χ4n) is 2.58. The van der Waals surface area contributed by atoms with E-state index >= 15 is 0 Å². The van der Waals surface area contributed by atoms with Gasteiger partial charge >= 0.3 is 0 Å². The van der Waals surface area contributed by atoms with Crippen molar-refractivity contribution < 1.29 is 4.74 Å². The van der Waals surface area contributed by atoms with Gasteiger partial charge in [0.05, 0.1) is 13.2 Å². The van der Waals surface area contributed by atoms with E-state index in [4.69, 9.17) is 4.74 Å². The van der Waals surface area contributed by atoms with E-state index < -0.39 is 0 Å². The highest BCUT2D eigenvalue weighted by Gasteiger charge is 2.31. The Labute approximate surface area is 126 Å². The number of hydrogen-bond acceptors (Lipinski definition) is 5. The minimum absolute atomic E-state index is 0.226. The van der Waals surface area contributed by atoms with Gasteiger partial charge in [0, 0.05) is 30.3 Å². The largest absolute Gasteiger partial charge is 0.495 e. The first-order valence-electron chi connectivity index (χ1n) is 7.28. The molecule has 2 unspecified atom stereocenters. The number of nitrogens with one attached hydrogen (secondary N) is 1. The molecular formula is C15H25N3OS. The molecule has 1 aromatic rings. The van der Waals surface area contributed by atoms with Crippen molar-refractivity contribution in [1.29, 1.82) is 0 Å². The molecule has 112 valence electrons. The molecule has 2 rings (SSSR count). The molecule has 5 heteroatoms. The fourth-order valence-corrected chi connectivity index (χ4v) is 3.85. The summed E-state index contributed by atoms with van der Waals surface area (Å²) in [6, 6.07) is 4.62. The van der Waals surface area contributed by atoms with Crippen molar-refractivity contribution in [1.82, 2.24) is 15.2 Å². The molecule has 2 atom stereocenters. The number of nitrogens with zero attached hydrogens (tertiary/aromatic N) is 2. The summed E-state index contributed by atoms with van der Waals surface area (Å²) in [4.78, 5) is 7.03. The molecule has 0 aromatic carbocycles. The van der Waals surface area contributed by atoms with E-state index in [0.717, 1.165) is 36.7 Å². The topological polar surface area (TPSA) is 37.4 Å². The normalized spacial score (nSPS) is 21.6. The van der Waals surface area contributed by atoms with Crippen molar-refractivity contribution in [3.8, 4) is 5.75 Å². The van der Waals surface area contributed by atoms with Crippen LogP contribution in [-0.4, -0.2) is 54.7 Å². The van der Waals surface area contributed by atoms with Crippen molar-refractivity contribution in [3.05, 3.63) is 24.0 Å². The lowest BCUT2D eigenvalue weighted by molar-refractivity contribution is 0.210. The van der Waals surface area contributed by atoms with Crippen LogP contribution in [0.2, 0.25) is 0 Å². The molecule has 0 amide bonds. The number of methoxy groups -OCH3 is 1. The van der Waals surface area contributed by atoms with Gasteiger partial charge in [0.1, 0.15) is 11.4 Å². The Hall–Kier alpha value is -0.780. The number of pyridine rings is 1. The summed E-state index contributed by atoms with van der Waals surface area (Å²) >= 11 is 2.03. The third-order valence-electron chi connectivity index (χ3n) is 3.76. The molecule has 0 aliphatic carbocycles. The fraction of sp³-hybridized carbons (Fsp3) is 0.667. The van der Waals surface area contributed by atoms with Gasteiger partial charge in [0.2, 0.25) is 0 Å². The van der Waals surface area contributed by atoms with E-state index in [0.29, 0.717) is 6.04 Å². The van der Waals surface area contributed by atoms with Crippen LogP contribution >= 0.6 is 11.8 Å². The second-order valence-electron chi connectivity index (χ2n) is 5.15. The SMILES string of the molecule is CCCNC(c1ncccc1OC)C1CSCCN1C. The van der Waals surface area contributed by atoms with Crippen molar-refractivity contribution in [2.24, 2.45) is 0 Å². The molecule has 0 radical (unpaired) electrons. The third-order valence-corrected chi connectivity index (χ3v) is 4.80. The van der Waals surface area contributed by atoms with Crippen LogP contribution in [0.4, 0.5) is 0 Å². The molecule has 2 heterocycles. The minimum Gasteiger partial charge on any atom is -0.495 e. The second kappa shape index (κ2) is 7.86. The molecule has 1 aromatic heterocycles. The van der Waals surface area contributed by atoms with Crippen LogP contribution in [0.15, 0.2) is 18.3 Å². The lowest BCUT2D eigenvalue weighted by Gasteiger charge is -2.38. The predicted octanol–water partition coefficient (Wildman–Crippen LogP) is 2.18. The molecule has 0 bridgehead atoms. The highest BCUT2D eigenvalue weighted by Crippen LogP contribution is 2.30. The number of thioether (sulfide) groups is 1. The summed E-state index contributed by atoms with van der Waals surface area (Å²) in [6.07, 6.45) is 2.98. The Bertz CT molecular complexity index is 416. The molecule has 1 fully saturated rings. The molecule has 20 heavy (non-hydrogen) atoms. The molecule has 1 saturated heterocycles. The average molecular weight is 295 g/mol. The van der Waals surface area contributed by atoms with Crippen LogP contribution in [0.3, 0.4) is 0 Å². The summed E-state index contributed by atoms with van der Waals surface area (Å²) < 4.78 is 5.50. The summed E-state index contributed by atoms with van der Waals surface area (Å²) in [7, 11) is 3.93. The van der Waals surface area contributed by atoms with E-state index in [2.05, 4.69) is 29.2 Å². The van der Waals surface area contributed by atoms with E-state index in [1.807, 2.05) is 30.1 Å². The van der Waals surface area contributed by atoms with Crippen LogP contribution in [0.1, 0.15) is 25.1 Å². The van der Waals surface area contributed by atoms with Crippen LogP contribution < -0.4 is 10.1 Å². The zero-order chi connectivity index (χ0) is 14.4. The monoisotopic (exact) mass is 295 g/mol. The number of ether oxygens (including phenoxy) is 1. The minimum atomic E-state index is 0.226. The summed E-state index contributed by atoms with van der Waals surface area (Å²) in [5, 5.41) is 3.66. The average Bonchev–Trinajstić information content (AvgIpc) is 2.49. The van der Waals surface area contributed by atoms with E-state index in [1.54, 1.807) is 7.11 Å². The number of hydrogen-bond donors (Lipinski definition) is 1. The quantitative estimate of drug-likeness (QED) is 0.870. The standard InChI is InChI=1S/C15H25N3OS/c1-4-7-16-14(12-11-20-10-9-18(12)2)15-13(19-3)6-5-8-17-15/h5-6,8,12,14,16H,4,7,9-11H2,1-3H3. The Morgan fingerprint density at radius 2 is 2.45 bits per heavy atom. The first kappa shape index (κ1) is 15.6. The molecular weight excluding hydrogens is 270 g/mol. The van der Waals surface area contributed by atoms with Crippen molar-refractivity contribution in [3.63, 3.8) is 0 Å². The smallest absolute Gasteiger partial charge is 0.142 e. The Morgan fingerprint density at radius 3 is 3.15 bits per heavy atom. The van der Waals surface area contributed by atoms with Crippen LogP contribution in [0.25, 0.3) is 0 Å². The molecule has 1 aliphatic heterocycles. The first-order chi connectivity index (χ1) is 9.77. The van der Waals surface area contributed by atoms with E-state index in [-0.39, 0.29) is 6.04 Å². The highest BCUT2D eigenvalue weighted by atomic mass is 32.2. The third kappa shape index (κ3) is 3.65. The van der Waals surface area contributed by atoms with Gasteiger partial charge in [-0.15, -0.1) is 0 Å². The summed E-state index contributed by atoms with van der Waals surface area (Å²) in [6.45, 7) is 4.33. The second-order valence-corrected chi connectivity index (χ2v) is 6.30. The molecule has 0 spiro atoms. The summed E-state index contributed by atoms with van der Waals surface area (Å²) in [5.41, 5.74) is 1.03. The van der Waals surface area contributed by atoms with Gasteiger partial charge in [-0.2, -0.15) is 11.8 Å². The Balaban J connectivity index is 2.25. The van der Waals surface area contributed by atoms with E-state index in [1.165, 1.54) is 5.75 Å². The number of aromatic nitrogens is 1. The lowest BCUT2D eigenvalue weighted by Crippen LogP contribution is -2.48. The van der Waals surface area contributed by atoms with Crippen LogP contribution in [0, 0.1) is 0 Å². The van der Waals surface area contributed by atoms with Crippen LogP contribution in [0.5, 0.6) is 5.75 Å². The molecule has 1 N–H and O–H groups in total. The number of rotatable bonds is 6. The Morgan fingerprint density at radius 1 is 1.60 bits per heavy atom. The van der Waals surface area contributed by atoms with Gasteiger partial charge in [0.25, 0.3) is 0 Å². The van der Waals surface area contributed by atoms with Gasteiger partial charge in [-0.05, 0) is 32.1 Å². The molecule has 4 nitrogen and oxygen atoms in total. The van der Waals surface area contributed by atoms with Gasteiger partial charge < -0.3 is 10.1 Å². The number of likely N-dealkylation sites (N-methyl/N-ethyl adjacent to an activating group) is 1. The summed E-state index contributed by atoms with van der Waals surface area (Å²) in [5.74, 6) is 3.23. The van der Waals surface area contributed by atoms with Gasteiger partial charge in [-0.3, -0.25) is 9.88 Å². The zero-order valence-corrected chi connectivity index (χ0v) is 13.4. The predicted molar refractivity (Wildman–Crippen MR) is 85.6 cm³/mol. The maximum atomic E-state index is 5.50. The molecule has 1 aliphatic rings. The maximum Gasteiger partial charge on any atom is 0.142 e. The lowest BCUT2D eigenvalue weighted by atomic mass is 10.0. The van der Waals surface area contributed by atoms with Gasteiger partial charge in [-0.1, -0.05) is 6.92 Å².